The number of halogens is 1. The number of benzene rings is 1. The van der Waals surface area contributed by atoms with Gasteiger partial charge in [0.2, 0.25) is 0 Å². The van der Waals surface area contributed by atoms with Gasteiger partial charge in [-0.1, -0.05) is 23.7 Å². The first-order chi connectivity index (χ1) is 11.8. The minimum absolute atomic E-state index is 0.398. The van der Waals surface area contributed by atoms with Gasteiger partial charge in [0, 0.05) is 30.2 Å². The molecule has 1 aliphatic heterocycles. The Morgan fingerprint density at radius 1 is 1.12 bits per heavy atom. The number of nitrogens with one attached hydrogen (secondary N) is 1. The Kier molecular flexibility index (Phi) is 4.57. The van der Waals surface area contributed by atoms with Crippen LogP contribution in [-0.4, -0.2) is 30.1 Å². The maximum Gasteiger partial charge on any atom is 0.0513 e. The highest BCUT2D eigenvalue weighted by atomic mass is 35.5. The predicted octanol–water partition coefficient (Wildman–Crippen LogP) is 3.81. The molecule has 1 aromatic heterocycles. The lowest BCUT2D eigenvalue weighted by molar-refractivity contribution is 0.130. The molecule has 0 spiro atoms. The summed E-state index contributed by atoms with van der Waals surface area (Å²) in [6.45, 7) is 2.20. The fourth-order valence-electron chi connectivity index (χ4n) is 4.39. The molecule has 2 heterocycles. The van der Waals surface area contributed by atoms with Crippen molar-refractivity contribution in [1.29, 1.82) is 0 Å². The van der Waals surface area contributed by atoms with E-state index >= 15 is 0 Å². The number of pyridine rings is 1. The Morgan fingerprint density at radius 2 is 1.92 bits per heavy atom. The van der Waals surface area contributed by atoms with E-state index in [1.165, 1.54) is 35.2 Å². The quantitative estimate of drug-likeness (QED) is 0.900. The van der Waals surface area contributed by atoms with E-state index in [4.69, 9.17) is 16.6 Å². The average molecular weight is 342 g/mol. The third-order valence-corrected chi connectivity index (χ3v) is 5.89. The minimum Gasteiger partial charge on any atom is -0.260 e. The van der Waals surface area contributed by atoms with Crippen LogP contribution in [0.25, 0.3) is 0 Å². The summed E-state index contributed by atoms with van der Waals surface area (Å²) in [6.07, 6.45) is 6.46. The van der Waals surface area contributed by atoms with Crippen LogP contribution in [0.5, 0.6) is 0 Å². The van der Waals surface area contributed by atoms with Gasteiger partial charge in [0.1, 0.15) is 0 Å². The van der Waals surface area contributed by atoms with E-state index in [0.717, 1.165) is 31.0 Å². The highest BCUT2D eigenvalue weighted by Gasteiger charge is 2.33. The second-order valence-electron chi connectivity index (χ2n) is 6.92. The molecule has 0 amide bonds. The molecule has 1 saturated heterocycles. The van der Waals surface area contributed by atoms with Crippen LogP contribution in [0.4, 0.5) is 0 Å². The highest BCUT2D eigenvalue weighted by Crippen LogP contribution is 2.42. The van der Waals surface area contributed by atoms with Crippen molar-refractivity contribution in [3.05, 3.63) is 63.9 Å². The highest BCUT2D eigenvalue weighted by molar-refractivity contribution is 6.30. The van der Waals surface area contributed by atoms with Crippen molar-refractivity contribution in [3.63, 3.8) is 0 Å². The number of rotatable bonds is 2. The van der Waals surface area contributed by atoms with Crippen molar-refractivity contribution in [2.45, 2.75) is 31.6 Å². The van der Waals surface area contributed by atoms with Crippen LogP contribution in [0.15, 0.2) is 36.5 Å². The first kappa shape index (κ1) is 16.1. The zero-order valence-corrected chi connectivity index (χ0v) is 14.9. The maximum absolute atomic E-state index is 6.28. The van der Waals surface area contributed by atoms with E-state index in [-0.39, 0.29) is 0 Å². The summed E-state index contributed by atoms with van der Waals surface area (Å²) < 4.78 is 0. The Balaban J connectivity index is 1.76. The van der Waals surface area contributed by atoms with Crippen molar-refractivity contribution < 1.29 is 0 Å². The van der Waals surface area contributed by atoms with E-state index in [9.17, 15) is 0 Å². The van der Waals surface area contributed by atoms with E-state index in [0.29, 0.717) is 11.8 Å². The summed E-state index contributed by atoms with van der Waals surface area (Å²) in [7, 11) is 2.01. The third kappa shape index (κ3) is 2.97. The van der Waals surface area contributed by atoms with Crippen molar-refractivity contribution in [2.75, 3.05) is 20.1 Å². The van der Waals surface area contributed by atoms with Gasteiger partial charge in [-0.2, -0.15) is 0 Å². The fraction of sp³-hybridized carbons (Fsp3) is 0.450. The van der Waals surface area contributed by atoms with Crippen molar-refractivity contribution in [1.82, 2.24) is 15.4 Å². The normalized spacial score (nSPS) is 21.8. The topological polar surface area (TPSA) is 28.2 Å². The standard InChI is InChI=1S/C20H24ClN3/c1-22-24-11-8-14(9-12-24)19-18-7-6-17(21)13-16(18)5-4-15-3-2-10-23-20(15)19/h2-3,6-7,10,13-14,19,22H,4-5,8-9,11-12H2,1H3. The monoisotopic (exact) mass is 341 g/mol. The molecule has 1 N–H and O–H groups in total. The summed E-state index contributed by atoms with van der Waals surface area (Å²) in [5.41, 5.74) is 8.84. The van der Waals surface area contributed by atoms with Crippen molar-refractivity contribution in [3.8, 4) is 0 Å². The van der Waals surface area contributed by atoms with Gasteiger partial charge in [-0.3, -0.25) is 10.4 Å². The first-order valence-electron chi connectivity index (χ1n) is 8.90. The van der Waals surface area contributed by atoms with E-state index in [1.54, 1.807) is 0 Å². The number of fused-ring (bicyclic) bond motifs is 2. The Hall–Kier alpha value is -1.42. The molecule has 0 bridgehead atoms. The number of hydrogen-bond donors (Lipinski definition) is 1. The molecule has 1 aromatic carbocycles. The Bertz CT molecular complexity index is 723. The van der Waals surface area contributed by atoms with E-state index < -0.39 is 0 Å². The van der Waals surface area contributed by atoms with Crippen LogP contribution in [0.1, 0.15) is 41.1 Å². The van der Waals surface area contributed by atoms with Crippen LogP contribution < -0.4 is 5.43 Å². The van der Waals surface area contributed by atoms with Gasteiger partial charge >= 0.3 is 0 Å². The molecule has 4 rings (SSSR count). The molecule has 0 radical (unpaired) electrons. The molecule has 3 nitrogen and oxygen atoms in total. The number of hydrogen-bond acceptors (Lipinski definition) is 3. The van der Waals surface area contributed by atoms with Gasteiger partial charge in [-0.25, -0.2) is 5.01 Å². The van der Waals surface area contributed by atoms with E-state index in [2.05, 4.69) is 34.7 Å². The smallest absolute Gasteiger partial charge is 0.0513 e. The van der Waals surface area contributed by atoms with Crippen LogP contribution in [0.3, 0.4) is 0 Å². The molecule has 126 valence electrons. The second-order valence-corrected chi connectivity index (χ2v) is 7.35. The van der Waals surface area contributed by atoms with Gasteiger partial charge in [0.15, 0.2) is 0 Å². The minimum atomic E-state index is 0.398. The zero-order valence-electron chi connectivity index (χ0n) is 14.1. The van der Waals surface area contributed by atoms with Crippen LogP contribution in [-0.2, 0) is 12.8 Å². The van der Waals surface area contributed by atoms with Gasteiger partial charge in [-0.15, -0.1) is 0 Å². The molecular formula is C20H24ClN3. The third-order valence-electron chi connectivity index (χ3n) is 5.65. The maximum atomic E-state index is 6.28. The summed E-state index contributed by atoms with van der Waals surface area (Å²) in [5, 5.41) is 3.16. The number of aromatic nitrogens is 1. The predicted molar refractivity (Wildman–Crippen MR) is 98.3 cm³/mol. The molecule has 2 aromatic rings. The molecule has 1 unspecified atom stereocenters. The lowest BCUT2D eigenvalue weighted by Crippen LogP contribution is -2.42. The second kappa shape index (κ2) is 6.83. The van der Waals surface area contributed by atoms with E-state index in [1.807, 2.05) is 19.3 Å². The lowest BCUT2D eigenvalue weighted by Gasteiger charge is -2.36. The Labute approximate surface area is 149 Å². The van der Waals surface area contributed by atoms with Crippen LogP contribution >= 0.6 is 11.6 Å². The molecule has 4 heteroatoms. The fourth-order valence-corrected chi connectivity index (χ4v) is 4.58. The lowest BCUT2D eigenvalue weighted by atomic mass is 9.76. The van der Waals surface area contributed by atoms with Gasteiger partial charge in [0.25, 0.3) is 0 Å². The molecule has 2 aliphatic rings. The number of nitrogens with zero attached hydrogens (tertiary/aromatic N) is 2. The van der Waals surface area contributed by atoms with Gasteiger partial charge in [0.05, 0.1) is 5.69 Å². The average Bonchev–Trinajstić information content (AvgIpc) is 2.78. The molecule has 1 atom stereocenters. The van der Waals surface area contributed by atoms with Crippen LogP contribution in [0.2, 0.25) is 5.02 Å². The summed E-state index contributed by atoms with van der Waals surface area (Å²) >= 11 is 6.28. The molecule has 24 heavy (non-hydrogen) atoms. The SMILES string of the molecule is CNN1CCC(C2c3ccc(Cl)cc3CCc3cccnc32)CC1. The summed E-state index contributed by atoms with van der Waals surface area (Å²) in [6, 6.07) is 10.8. The molecule has 1 aliphatic carbocycles. The first-order valence-corrected chi connectivity index (χ1v) is 9.28. The number of piperidine rings is 1. The number of aryl methyl sites for hydroxylation is 2. The molecule has 0 saturated carbocycles. The summed E-state index contributed by atoms with van der Waals surface area (Å²) in [5.74, 6) is 1.04. The zero-order chi connectivity index (χ0) is 16.5. The largest absolute Gasteiger partial charge is 0.260 e. The Morgan fingerprint density at radius 3 is 2.71 bits per heavy atom. The van der Waals surface area contributed by atoms with Crippen molar-refractivity contribution in [2.24, 2.45) is 5.92 Å². The van der Waals surface area contributed by atoms with Crippen molar-refractivity contribution >= 4 is 11.6 Å². The molecule has 1 fully saturated rings. The van der Waals surface area contributed by atoms with Crippen LogP contribution in [0, 0.1) is 5.92 Å². The van der Waals surface area contributed by atoms with Gasteiger partial charge < -0.3 is 0 Å². The van der Waals surface area contributed by atoms with Gasteiger partial charge in [-0.05, 0) is 73.5 Å². The number of hydrazine groups is 1. The molecular weight excluding hydrogens is 318 g/mol. The summed E-state index contributed by atoms with van der Waals surface area (Å²) in [4.78, 5) is 4.83.